The van der Waals surface area contributed by atoms with Gasteiger partial charge in [-0.1, -0.05) is 22.0 Å². The second-order valence-electron chi connectivity index (χ2n) is 5.50. The molecule has 0 spiro atoms. The molecular formula is C17H13BrF2N2O2. The van der Waals surface area contributed by atoms with Crippen molar-refractivity contribution < 1.29 is 18.4 Å². The zero-order valence-electron chi connectivity index (χ0n) is 12.4. The maximum absolute atomic E-state index is 13.2. The van der Waals surface area contributed by atoms with Crippen LogP contribution in [0.25, 0.3) is 0 Å². The van der Waals surface area contributed by atoms with Crippen molar-refractivity contribution in [2.75, 3.05) is 16.8 Å². The first-order chi connectivity index (χ1) is 11.4. The van der Waals surface area contributed by atoms with Crippen LogP contribution < -0.4 is 10.2 Å². The van der Waals surface area contributed by atoms with E-state index in [4.69, 9.17) is 0 Å². The smallest absolute Gasteiger partial charge is 0.229 e. The number of amides is 2. The summed E-state index contributed by atoms with van der Waals surface area (Å²) in [5.74, 6) is -3.12. The van der Waals surface area contributed by atoms with Crippen LogP contribution in [0.3, 0.4) is 0 Å². The number of nitrogens with one attached hydrogen (secondary N) is 1. The molecule has 0 bridgehead atoms. The van der Waals surface area contributed by atoms with Crippen molar-refractivity contribution in [3.8, 4) is 0 Å². The van der Waals surface area contributed by atoms with Gasteiger partial charge in [-0.3, -0.25) is 9.59 Å². The number of benzene rings is 2. The SMILES string of the molecule is O=C(Nc1ccc(F)c(F)c1)C1CC(=O)N(c2cccc(Br)c2)C1. The number of nitrogens with zero attached hydrogens (tertiary/aromatic N) is 1. The third kappa shape index (κ3) is 3.46. The number of hydrogen-bond donors (Lipinski definition) is 1. The second-order valence-corrected chi connectivity index (χ2v) is 6.42. The summed E-state index contributed by atoms with van der Waals surface area (Å²) >= 11 is 3.35. The van der Waals surface area contributed by atoms with Gasteiger partial charge in [0.1, 0.15) is 0 Å². The van der Waals surface area contributed by atoms with E-state index in [-0.39, 0.29) is 24.6 Å². The summed E-state index contributed by atoms with van der Waals surface area (Å²) < 4.78 is 26.9. The molecule has 1 heterocycles. The van der Waals surface area contributed by atoms with E-state index in [2.05, 4.69) is 21.2 Å². The van der Waals surface area contributed by atoms with Crippen LogP contribution in [0, 0.1) is 17.6 Å². The van der Waals surface area contributed by atoms with Crippen LogP contribution in [0.15, 0.2) is 46.9 Å². The summed E-state index contributed by atoms with van der Waals surface area (Å²) in [6.07, 6.45) is 0.0715. The Balaban J connectivity index is 1.70. The van der Waals surface area contributed by atoms with E-state index in [9.17, 15) is 18.4 Å². The molecule has 1 atom stereocenters. The zero-order valence-corrected chi connectivity index (χ0v) is 14.0. The Hall–Kier alpha value is -2.28. The van der Waals surface area contributed by atoms with Gasteiger partial charge in [-0.2, -0.15) is 0 Å². The fourth-order valence-corrected chi connectivity index (χ4v) is 2.98. The van der Waals surface area contributed by atoms with E-state index in [0.717, 1.165) is 16.6 Å². The number of hydrogen-bond acceptors (Lipinski definition) is 2. The van der Waals surface area contributed by atoms with E-state index >= 15 is 0 Å². The van der Waals surface area contributed by atoms with Crippen molar-refractivity contribution in [3.05, 3.63) is 58.6 Å². The van der Waals surface area contributed by atoms with Crippen molar-refractivity contribution in [1.29, 1.82) is 0 Å². The summed E-state index contributed by atoms with van der Waals surface area (Å²) in [7, 11) is 0. The van der Waals surface area contributed by atoms with Crippen LogP contribution >= 0.6 is 15.9 Å². The van der Waals surface area contributed by atoms with Gasteiger partial charge in [0.2, 0.25) is 11.8 Å². The molecule has 1 aliphatic heterocycles. The first-order valence-electron chi connectivity index (χ1n) is 7.26. The lowest BCUT2D eigenvalue weighted by Crippen LogP contribution is -2.28. The Morgan fingerprint density at radius 1 is 1.17 bits per heavy atom. The molecule has 0 aromatic heterocycles. The number of anilines is 2. The standard InChI is InChI=1S/C17H13BrF2N2O2/c18-11-2-1-3-13(7-11)22-9-10(6-16(22)23)17(24)21-12-4-5-14(19)15(20)8-12/h1-5,7-8,10H,6,9H2,(H,21,24). The molecule has 124 valence electrons. The molecule has 2 aromatic carbocycles. The van der Waals surface area contributed by atoms with Gasteiger partial charge in [-0.25, -0.2) is 8.78 Å². The van der Waals surface area contributed by atoms with Gasteiger partial charge in [0, 0.05) is 34.9 Å². The Labute approximate surface area is 145 Å². The first-order valence-corrected chi connectivity index (χ1v) is 8.05. The third-order valence-electron chi connectivity index (χ3n) is 3.80. The van der Waals surface area contributed by atoms with Gasteiger partial charge in [0.05, 0.1) is 5.92 Å². The molecule has 1 fully saturated rings. The molecule has 1 aliphatic rings. The van der Waals surface area contributed by atoms with Crippen molar-refractivity contribution in [1.82, 2.24) is 0 Å². The van der Waals surface area contributed by atoms with Crippen molar-refractivity contribution in [3.63, 3.8) is 0 Å². The molecule has 1 N–H and O–H groups in total. The highest BCUT2D eigenvalue weighted by atomic mass is 79.9. The topological polar surface area (TPSA) is 49.4 Å². The highest BCUT2D eigenvalue weighted by Gasteiger charge is 2.35. The van der Waals surface area contributed by atoms with Crippen LogP contribution in [0.5, 0.6) is 0 Å². The lowest BCUT2D eigenvalue weighted by Gasteiger charge is -2.17. The van der Waals surface area contributed by atoms with Crippen LogP contribution in [-0.4, -0.2) is 18.4 Å². The molecule has 0 aliphatic carbocycles. The Morgan fingerprint density at radius 2 is 1.96 bits per heavy atom. The second kappa shape index (κ2) is 6.68. The van der Waals surface area contributed by atoms with Crippen LogP contribution in [-0.2, 0) is 9.59 Å². The summed E-state index contributed by atoms with van der Waals surface area (Å²) in [6.45, 7) is 0.241. The predicted molar refractivity (Wildman–Crippen MR) is 89.6 cm³/mol. The van der Waals surface area contributed by atoms with E-state index in [1.807, 2.05) is 6.07 Å². The van der Waals surface area contributed by atoms with Gasteiger partial charge >= 0.3 is 0 Å². The van der Waals surface area contributed by atoms with Crippen LogP contribution in [0.1, 0.15) is 6.42 Å². The number of carbonyl (C=O) groups is 2. The van der Waals surface area contributed by atoms with E-state index in [1.54, 1.807) is 23.1 Å². The van der Waals surface area contributed by atoms with Gasteiger partial charge in [0.25, 0.3) is 0 Å². The lowest BCUT2D eigenvalue weighted by atomic mass is 10.1. The van der Waals surface area contributed by atoms with Crippen LogP contribution in [0.2, 0.25) is 0 Å². The minimum Gasteiger partial charge on any atom is -0.326 e. The Kier molecular flexibility index (Phi) is 4.62. The summed E-state index contributed by atoms with van der Waals surface area (Å²) in [6, 6.07) is 10.4. The van der Waals surface area contributed by atoms with Gasteiger partial charge in [-0.05, 0) is 30.3 Å². The highest BCUT2D eigenvalue weighted by molar-refractivity contribution is 9.10. The number of halogens is 3. The highest BCUT2D eigenvalue weighted by Crippen LogP contribution is 2.28. The maximum Gasteiger partial charge on any atom is 0.229 e. The third-order valence-corrected chi connectivity index (χ3v) is 4.30. The van der Waals surface area contributed by atoms with Gasteiger partial charge < -0.3 is 10.2 Å². The molecule has 7 heteroatoms. The summed E-state index contributed by atoms with van der Waals surface area (Å²) in [5, 5.41) is 2.52. The van der Waals surface area contributed by atoms with Gasteiger partial charge in [0.15, 0.2) is 11.6 Å². The lowest BCUT2D eigenvalue weighted by molar-refractivity contribution is -0.122. The monoisotopic (exact) mass is 394 g/mol. The largest absolute Gasteiger partial charge is 0.326 e. The summed E-state index contributed by atoms with van der Waals surface area (Å²) in [4.78, 5) is 26.0. The first kappa shape index (κ1) is 16.6. The number of rotatable bonds is 3. The molecule has 4 nitrogen and oxygen atoms in total. The average Bonchev–Trinajstić information content (AvgIpc) is 2.93. The minimum atomic E-state index is -1.04. The van der Waals surface area contributed by atoms with Gasteiger partial charge in [-0.15, -0.1) is 0 Å². The Bertz CT molecular complexity index is 813. The molecule has 1 saturated heterocycles. The molecule has 2 amide bonds. The molecule has 0 radical (unpaired) electrons. The zero-order chi connectivity index (χ0) is 17.3. The molecule has 24 heavy (non-hydrogen) atoms. The molecule has 1 unspecified atom stereocenters. The average molecular weight is 395 g/mol. The van der Waals surface area contributed by atoms with E-state index < -0.39 is 23.5 Å². The normalized spacial score (nSPS) is 17.2. The summed E-state index contributed by atoms with van der Waals surface area (Å²) in [5.41, 5.74) is 0.866. The molecule has 3 rings (SSSR count). The molecule has 0 saturated carbocycles. The Morgan fingerprint density at radius 3 is 2.67 bits per heavy atom. The molecular weight excluding hydrogens is 382 g/mol. The van der Waals surface area contributed by atoms with Crippen molar-refractivity contribution >= 4 is 39.1 Å². The van der Waals surface area contributed by atoms with E-state index in [0.29, 0.717) is 5.69 Å². The maximum atomic E-state index is 13.2. The minimum absolute atomic E-state index is 0.0715. The fourth-order valence-electron chi connectivity index (χ4n) is 2.59. The van der Waals surface area contributed by atoms with Crippen LogP contribution in [0.4, 0.5) is 20.2 Å². The van der Waals surface area contributed by atoms with Crippen molar-refractivity contribution in [2.24, 2.45) is 5.92 Å². The van der Waals surface area contributed by atoms with Crippen molar-refractivity contribution in [2.45, 2.75) is 6.42 Å². The predicted octanol–water partition coefficient (Wildman–Crippen LogP) is 3.72. The fraction of sp³-hybridized carbons (Fsp3) is 0.176. The molecule has 2 aromatic rings. The quantitative estimate of drug-likeness (QED) is 0.862. The number of carbonyl (C=O) groups excluding carboxylic acids is 2. The van der Waals surface area contributed by atoms with E-state index in [1.165, 1.54) is 6.07 Å².